The van der Waals surface area contributed by atoms with E-state index in [0.717, 1.165) is 11.1 Å². The zero-order valence-electron chi connectivity index (χ0n) is 9.23. The maximum atomic E-state index is 10.8. The van der Waals surface area contributed by atoms with Crippen LogP contribution in [0.15, 0.2) is 24.3 Å². The minimum atomic E-state index is -0.803. The lowest BCUT2D eigenvalue weighted by Gasteiger charge is -2.11. The van der Waals surface area contributed by atoms with Crippen LogP contribution in [0, 0.1) is 0 Å². The first kappa shape index (κ1) is 11.7. The summed E-state index contributed by atoms with van der Waals surface area (Å²) in [6.07, 6.45) is 0.0409. The Morgan fingerprint density at radius 1 is 1.20 bits per heavy atom. The lowest BCUT2D eigenvalue weighted by atomic mass is 9.99. The van der Waals surface area contributed by atoms with Crippen LogP contribution in [0.25, 0.3) is 0 Å². The fourth-order valence-electron chi connectivity index (χ4n) is 1.33. The summed E-state index contributed by atoms with van der Waals surface area (Å²) in [5.74, 6) is -1.26. The molecule has 0 fully saturated rings. The molecule has 0 spiro atoms. The van der Waals surface area contributed by atoms with Crippen LogP contribution in [0.2, 0.25) is 0 Å². The Bertz CT molecular complexity index is 329. The molecule has 0 saturated heterocycles. The van der Waals surface area contributed by atoms with Crippen LogP contribution in [-0.4, -0.2) is 18.2 Å². The summed E-state index contributed by atoms with van der Waals surface area (Å²) in [4.78, 5) is 10.8. The van der Waals surface area contributed by atoms with E-state index in [1.807, 2.05) is 31.2 Å². The molecule has 0 unspecified atom stereocenters. The molecule has 15 heavy (non-hydrogen) atoms. The third-order valence-corrected chi connectivity index (χ3v) is 2.63. The fourth-order valence-corrected chi connectivity index (χ4v) is 1.33. The van der Waals surface area contributed by atoms with Gasteiger partial charge in [-0.3, -0.25) is 4.79 Å². The Labute approximate surface area is 89.7 Å². The van der Waals surface area contributed by atoms with Gasteiger partial charge in [-0.25, -0.2) is 0 Å². The topological polar surface area (TPSA) is 46.5 Å². The molecular weight excluding hydrogens is 192 g/mol. The quantitative estimate of drug-likeness (QED) is 0.827. The summed E-state index contributed by atoms with van der Waals surface area (Å²) in [5.41, 5.74) is 1.87. The first-order valence-corrected chi connectivity index (χ1v) is 4.91. The largest absolute Gasteiger partial charge is 0.481 e. The van der Waals surface area contributed by atoms with Gasteiger partial charge in [-0.15, -0.1) is 0 Å². The van der Waals surface area contributed by atoms with Crippen LogP contribution in [0.1, 0.15) is 37.0 Å². The molecule has 1 aromatic carbocycles. The number of hydrogen-bond donors (Lipinski definition) is 1. The third-order valence-electron chi connectivity index (χ3n) is 2.63. The molecule has 0 aliphatic carbocycles. The predicted molar refractivity (Wildman–Crippen MR) is 57.9 cm³/mol. The average molecular weight is 208 g/mol. The van der Waals surface area contributed by atoms with Crippen molar-refractivity contribution >= 4 is 5.97 Å². The molecule has 0 bridgehead atoms. The summed E-state index contributed by atoms with van der Waals surface area (Å²) in [5, 5.41) is 8.84. The highest BCUT2D eigenvalue weighted by Gasteiger charge is 2.13. The molecule has 0 heterocycles. The molecule has 1 N–H and O–H groups in total. The maximum absolute atomic E-state index is 10.8. The number of carbonyl (C=O) groups is 1. The second-order valence-corrected chi connectivity index (χ2v) is 3.60. The molecular formula is C12H16O3. The van der Waals surface area contributed by atoms with Crippen molar-refractivity contribution in [3.05, 3.63) is 35.4 Å². The van der Waals surface area contributed by atoms with E-state index in [1.54, 1.807) is 14.0 Å². The second kappa shape index (κ2) is 4.94. The van der Waals surface area contributed by atoms with Gasteiger partial charge in [0.05, 0.1) is 12.0 Å². The molecule has 82 valence electrons. The Morgan fingerprint density at radius 3 is 2.07 bits per heavy atom. The van der Waals surface area contributed by atoms with Gasteiger partial charge in [0, 0.05) is 7.11 Å². The summed E-state index contributed by atoms with van der Waals surface area (Å²) in [6.45, 7) is 3.63. The molecule has 0 amide bonds. The van der Waals surface area contributed by atoms with Crippen LogP contribution >= 0.6 is 0 Å². The minimum absolute atomic E-state index is 0.0409. The average Bonchev–Trinajstić information content (AvgIpc) is 2.27. The van der Waals surface area contributed by atoms with Gasteiger partial charge >= 0.3 is 5.97 Å². The van der Waals surface area contributed by atoms with Crippen molar-refractivity contribution in [3.8, 4) is 0 Å². The zero-order chi connectivity index (χ0) is 11.4. The van der Waals surface area contributed by atoms with Crippen molar-refractivity contribution < 1.29 is 14.6 Å². The van der Waals surface area contributed by atoms with E-state index in [9.17, 15) is 4.79 Å². The van der Waals surface area contributed by atoms with E-state index in [4.69, 9.17) is 9.84 Å². The molecule has 0 aliphatic rings. The number of aliphatic carboxylic acids is 1. The standard InChI is InChI=1S/C12H16O3/c1-8(12(13)14)10-4-6-11(7-5-10)9(2)15-3/h4-9H,1-3H3,(H,13,14)/t8-,9+/m0/s1. The van der Waals surface area contributed by atoms with E-state index in [1.165, 1.54) is 0 Å². The maximum Gasteiger partial charge on any atom is 0.310 e. The van der Waals surface area contributed by atoms with E-state index in [-0.39, 0.29) is 6.10 Å². The second-order valence-electron chi connectivity index (χ2n) is 3.60. The molecule has 3 nitrogen and oxygen atoms in total. The van der Waals surface area contributed by atoms with Gasteiger partial charge in [-0.05, 0) is 25.0 Å². The minimum Gasteiger partial charge on any atom is -0.481 e. The van der Waals surface area contributed by atoms with Crippen molar-refractivity contribution in [1.82, 2.24) is 0 Å². The molecule has 3 heteroatoms. The molecule has 1 rings (SSSR count). The Hall–Kier alpha value is -1.35. The molecule has 0 aliphatic heterocycles. The highest BCUT2D eigenvalue weighted by molar-refractivity contribution is 5.75. The van der Waals surface area contributed by atoms with Gasteiger partial charge in [0.2, 0.25) is 0 Å². The number of hydrogen-bond acceptors (Lipinski definition) is 2. The highest BCUT2D eigenvalue weighted by atomic mass is 16.5. The van der Waals surface area contributed by atoms with Crippen molar-refractivity contribution in [3.63, 3.8) is 0 Å². The highest BCUT2D eigenvalue weighted by Crippen LogP contribution is 2.20. The van der Waals surface area contributed by atoms with Crippen molar-refractivity contribution in [2.75, 3.05) is 7.11 Å². The molecule has 2 atom stereocenters. The Balaban J connectivity index is 2.85. The van der Waals surface area contributed by atoms with E-state index in [0.29, 0.717) is 0 Å². The van der Waals surface area contributed by atoms with Gasteiger partial charge in [0.25, 0.3) is 0 Å². The SMILES string of the molecule is CO[C@H](C)c1ccc([C@H](C)C(=O)O)cc1. The monoisotopic (exact) mass is 208 g/mol. The molecule has 0 aromatic heterocycles. The van der Waals surface area contributed by atoms with Crippen molar-refractivity contribution in [2.45, 2.75) is 25.9 Å². The van der Waals surface area contributed by atoms with Crippen LogP contribution in [0.4, 0.5) is 0 Å². The normalized spacial score (nSPS) is 14.6. The van der Waals surface area contributed by atoms with Crippen LogP contribution < -0.4 is 0 Å². The van der Waals surface area contributed by atoms with Gasteiger partial charge in [0.1, 0.15) is 0 Å². The number of rotatable bonds is 4. The van der Waals surface area contributed by atoms with Gasteiger partial charge in [0.15, 0.2) is 0 Å². The third kappa shape index (κ3) is 2.80. The summed E-state index contributed by atoms with van der Waals surface area (Å²) in [6, 6.07) is 7.49. The van der Waals surface area contributed by atoms with Gasteiger partial charge in [-0.1, -0.05) is 24.3 Å². The van der Waals surface area contributed by atoms with E-state index >= 15 is 0 Å². The number of methoxy groups -OCH3 is 1. The lowest BCUT2D eigenvalue weighted by Crippen LogP contribution is -2.07. The first-order valence-electron chi connectivity index (χ1n) is 4.91. The number of ether oxygens (including phenoxy) is 1. The van der Waals surface area contributed by atoms with Crippen LogP contribution in [0.3, 0.4) is 0 Å². The number of carboxylic acids is 1. The van der Waals surface area contributed by atoms with Gasteiger partial charge < -0.3 is 9.84 Å². The van der Waals surface area contributed by atoms with Crippen molar-refractivity contribution in [1.29, 1.82) is 0 Å². The number of benzene rings is 1. The molecule has 0 radical (unpaired) electrons. The Kier molecular flexibility index (Phi) is 3.86. The lowest BCUT2D eigenvalue weighted by molar-refractivity contribution is -0.138. The van der Waals surface area contributed by atoms with Crippen molar-refractivity contribution in [2.24, 2.45) is 0 Å². The predicted octanol–water partition coefficient (Wildman–Crippen LogP) is 2.58. The van der Waals surface area contributed by atoms with E-state index in [2.05, 4.69) is 0 Å². The molecule has 0 saturated carbocycles. The number of carboxylic acid groups (broad SMARTS) is 1. The van der Waals surface area contributed by atoms with Crippen LogP contribution in [-0.2, 0) is 9.53 Å². The van der Waals surface area contributed by atoms with E-state index < -0.39 is 11.9 Å². The zero-order valence-corrected chi connectivity index (χ0v) is 9.23. The summed E-state index contributed by atoms with van der Waals surface area (Å²) < 4.78 is 5.17. The Morgan fingerprint density at radius 2 is 1.67 bits per heavy atom. The van der Waals surface area contributed by atoms with Gasteiger partial charge in [-0.2, -0.15) is 0 Å². The summed E-state index contributed by atoms with van der Waals surface area (Å²) in [7, 11) is 1.65. The summed E-state index contributed by atoms with van der Waals surface area (Å²) >= 11 is 0. The molecule has 1 aromatic rings. The van der Waals surface area contributed by atoms with Crippen LogP contribution in [0.5, 0.6) is 0 Å². The first-order chi connectivity index (χ1) is 7.06. The smallest absolute Gasteiger partial charge is 0.310 e. The fraction of sp³-hybridized carbons (Fsp3) is 0.417.